The molecule has 0 aliphatic carbocycles. The first-order chi connectivity index (χ1) is 14.2. The second-order valence-corrected chi connectivity index (χ2v) is 11.4. The van der Waals surface area contributed by atoms with Gasteiger partial charge in [0.05, 0.1) is 17.7 Å². The van der Waals surface area contributed by atoms with E-state index in [2.05, 4.69) is 30.7 Å². The van der Waals surface area contributed by atoms with Crippen molar-refractivity contribution in [1.82, 2.24) is 14.2 Å². The number of aromatic nitrogens is 1. The van der Waals surface area contributed by atoms with Crippen molar-refractivity contribution in [2.24, 2.45) is 0 Å². The van der Waals surface area contributed by atoms with E-state index in [0.29, 0.717) is 31.1 Å². The number of sulfonamides is 1. The van der Waals surface area contributed by atoms with E-state index in [1.807, 2.05) is 29.6 Å². The Bertz CT molecular complexity index is 1070. The second-order valence-electron chi connectivity index (χ2n) is 8.56. The van der Waals surface area contributed by atoms with E-state index in [4.69, 9.17) is 4.42 Å². The largest absolute Gasteiger partial charge is 0.463 e. The molecule has 4 rings (SSSR count). The first-order valence-electron chi connectivity index (χ1n) is 10.0. The quantitative estimate of drug-likeness (QED) is 0.589. The molecule has 1 aliphatic rings. The van der Waals surface area contributed by atoms with Gasteiger partial charge in [0, 0.05) is 31.6 Å². The number of nitrogens with zero attached hydrogens (tertiary/aromatic N) is 3. The molecule has 0 spiro atoms. The smallest absolute Gasteiger partial charge is 0.243 e. The van der Waals surface area contributed by atoms with Crippen LogP contribution in [0.25, 0.3) is 11.5 Å². The van der Waals surface area contributed by atoms with E-state index >= 15 is 0 Å². The maximum Gasteiger partial charge on any atom is 0.243 e. The fraction of sp³-hybridized carbons (Fsp3) is 0.409. The van der Waals surface area contributed by atoms with Crippen molar-refractivity contribution in [2.45, 2.75) is 37.6 Å². The minimum Gasteiger partial charge on any atom is -0.463 e. The highest BCUT2D eigenvalue weighted by atomic mass is 32.2. The van der Waals surface area contributed by atoms with E-state index in [0.717, 1.165) is 28.6 Å². The monoisotopic (exact) mass is 445 g/mol. The van der Waals surface area contributed by atoms with Gasteiger partial charge in [-0.2, -0.15) is 4.31 Å². The summed E-state index contributed by atoms with van der Waals surface area (Å²) in [6, 6.07) is 11.0. The molecule has 0 unspecified atom stereocenters. The Hall–Kier alpha value is -2.00. The number of hydrogen-bond acceptors (Lipinski definition) is 6. The van der Waals surface area contributed by atoms with Crippen molar-refractivity contribution in [2.75, 3.05) is 26.2 Å². The second kappa shape index (κ2) is 8.26. The number of hydrogen-bond donors (Lipinski definition) is 0. The van der Waals surface area contributed by atoms with Crippen molar-refractivity contribution < 1.29 is 12.8 Å². The topological polar surface area (TPSA) is 66.7 Å². The highest BCUT2D eigenvalue weighted by Gasteiger charge is 2.29. The predicted octanol–water partition coefficient (Wildman–Crippen LogP) is 4.21. The minimum absolute atomic E-state index is 0.000544. The third kappa shape index (κ3) is 4.51. The Kier molecular flexibility index (Phi) is 5.85. The number of furan rings is 1. The number of benzene rings is 1. The van der Waals surface area contributed by atoms with E-state index in [-0.39, 0.29) is 5.41 Å². The molecule has 1 fully saturated rings. The molecule has 30 heavy (non-hydrogen) atoms. The van der Waals surface area contributed by atoms with Crippen LogP contribution in [0.5, 0.6) is 0 Å². The van der Waals surface area contributed by atoms with Gasteiger partial charge in [-0.25, -0.2) is 13.4 Å². The molecular weight excluding hydrogens is 418 g/mol. The van der Waals surface area contributed by atoms with Gasteiger partial charge in [-0.15, -0.1) is 11.3 Å². The van der Waals surface area contributed by atoms with Gasteiger partial charge in [-0.05, 0) is 35.2 Å². The molecule has 2 aromatic heterocycles. The van der Waals surface area contributed by atoms with Gasteiger partial charge in [0.1, 0.15) is 10.7 Å². The summed E-state index contributed by atoms with van der Waals surface area (Å²) in [7, 11) is -3.46. The van der Waals surface area contributed by atoms with Crippen molar-refractivity contribution in [3.63, 3.8) is 0 Å². The van der Waals surface area contributed by atoms with Gasteiger partial charge in [0.15, 0.2) is 5.76 Å². The summed E-state index contributed by atoms with van der Waals surface area (Å²) in [6.45, 7) is 9.43. The van der Waals surface area contributed by atoms with Crippen LogP contribution in [0.3, 0.4) is 0 Å². The number of rotatable bonds is 5. The molecule has 0 amide bonds. The van der Waals surface area contributed by atoms with Crippen LogP contribution < -0.4 is 0 Å². The normalized spacial score (nSPS) is 16.8. The average Bonchev–Trinajstić information content (AvgIpc) is 3.40. The van der Waals surface area contributed by atoms with Crippen LogP contribution in [-0.2, 0) is 22.0 Å². The Balaban J connectivity index is 1.37. The zero-order chi connectivity index (χ0) is 21.4. The van der Waals surface area contributed by atoms with Gasteiger partial charge >= 0.3 is 0 Å². The van der Waals surface area contributed by atoms with Crippen LogP contribution in [0.2, 0.25) is 0 Å². The van der Waals surface area contributed by atoms with Crippen molar-refractivity contribution in [1.29, 1.82) is 0 Å². The lowest BCUT2D eigenvalue weighted by molar-refractivity contribution is 0.181. The molecule has 0 atom stereocenters. The lowest BCUT2D eigenvalue weighted by Crippen LogP contribution is -2.48. The zero-order valence-corrected chi connectivity index (χ0v) is 19.2. The van der Waals surface area contributed by atoms with Gasteiger partial charge in [0.25, 0.3) is 0 Å². The molecule has 1 saturated heterocycles. The summed E-state index contributed by atoms with van der Waals surface area (Å²) in [6.07, 6.45) is 1.64. The summed E-state index contributed by atoms with van der Waals surface area (Å²) in [5, 5.41) is 3.01. The zero-order valence-electron chi connectivity index (χ0n) is 17.5. The average molecular weight is 446 g/mol. The van der Waals surface area contributed by atoms with E-state index in [1.165, 1.54) is 0 Å². The molecule has 6 nitrogen and oxygen atoms in total. The maximum atomic E-state index is 13.0. The molecule has 0 bridgehead atoms. The van der Waals surface area contributed by atoms with Crippen LogP contribution in [0.15, 0.2) is 57.4 Å². The summed E-state index contributed by atoms with van der Waals surface area (Å²) in [5.74, 6) is 0.769. The first-order valence-corrected chi connectivity index (χ1v) is 12.4. The van der Waals surface area contributed by atoms with Gasteiger partial charge < -0.3 is 4.42 Å². The van der Waals surface area contributed by atoms with Crippen LogP contribution in [0.1, 0.15) is 31.3 Å². The highest BCUT2D eigenvalue weighted by Crippen LogP contribution is 2.26. The highest BCUT2D eigenvalue weighted by molar-refractivity contribution is 7.89. The van der Waals surface area contributed by atoms with E-state index < -0.39 is 10.0 Å². The molecule has 0 N–H and O–H groups in total. The van der Waals surface area contributed by atoms with Crippen molar-refractivity contribution >= 4 is 21.4 Å². The molecule has 1 aliphatic heterocycles. The fourth-order valence-corrected chi connectivity index (χ4v) is 5.76. The maximum absolute atomic E-state index is 13.0. The first kappa shape index (κ1) is 21.2. The summed E-state index contributed by atoms with van der Waals surface area (Å²) >= 11 is 1.60. The van der Waals surface area contributed by atoms with E-state index in [9.17, 15) is 8.42 Å². The SMILES string of the molecule is CC(C)(C)c1ccc(S(=O)(=O)N2CCN(Cc3nc(-c4ccco4)cs3)CC2)cc1. The molecule has 3 aromatic rings. The Morgan fingerprint density at radius 1 is 1.07 bits per heavy atom. The molecule has 160 valence electrons. The molecule has 1 aromatic carbocycles. The summed E-state index contributed by atoms with van der Waals surface area (Å²) < 4.78 is 33.1. The number of thiazole rings is 1. The molecule has 0 saturated carbocycles. The van der Waals surface area contributed by atoms with Crippen molar-refractivity contribution in [3.8, 4) is 11.5 Å². The van der Waals surface area contributed by atoms with Crippen LogP contribution in [0, 0.1) is 0 Å². The molecular formula is C22H27N3O3S2. The molecule has 0 radical (unpaired) electrons. The number of piperazine rings is 1. The fourth-order valence-electron chi connectivity index (χ4n) is 3.52. The molecule has 8 heteroatoms. The van der Waals surface area contributed by atoms with Crippen LogP contribution >= 0.6 is 11.3 Å². The van der Waals surface area contributed by atoms with Gasteiger partial charge in [-0.1, -0.05) is 32.9 Å². The lowest BCUT2D eigenvalue weighted by Gasteiger charge is -2.33. The van der Waals surface area contributed by atoms with Gasteiger partial charge in [-0.3, -0.25) is 4.90 Å². The van der Waals surface area contributed by atoms with Gasteiger partial charge in [0.2, 0.25) is 10.0 Å². The molecule has 3 heterocycles. The lowest BCUT2D eigenvalue weighted by atomic mass is 9.87. The minimum atomic E-state index is -3.46. The third-order valence-electron chi connectivity index (χ3n) is 5.37. The van der Waals surface area contributed by atoms with E-state index in [1.54, 1.807) is 34.0 Å². The van der Waals surface area contributed by atoms with Crippen molar-refractivity contribution in [3.05, 3.63) is 58.6 Å². The third-order valence-corrected chi connectivity index (χ3v) is 8.12. The van der Waals surface area contributed by atoms with Crippen LogP contribution in [-0.4, -0.2) is 48.8 Å². The Labute approximate surface area is 182 Å². The Morgan fingerprint density at radius 2 is 1.77 bits per heavy atom. The summed E-state index contributed by atoms with van der Waals surface area (Å²) in [5.41, 5.74) is 1.98. The standard InChI is InChI=1S/C22H27N3O3S2/c1-22(2,3)17-6-8-18(9-7-17)30(26,27)25-12-10-24(11-13-25)15-21-23-19(16-29-21)20-5-4-14-28-20/h4-9,14,16H,10-13,15H2,1-3H3. The predicted molar refractivity (Wildman–Crippen MR) is 119 cm³/mol. The summed E-state index contributed by atoms with van der Waals surface area (Å²) in [4.78, 5) is 7.26. The Morgan fingerprint density at radius 3 is 2.37 bits per heavy atom. The van der Waals surface area contributed by atoms with Crippen LogP contribution in [0.4, 0.5) is 0 Å².